The predicted molar refractivity (Wildman–Crippen MR) is 93.2 cm³/mol. The van der Waals surface area contributed by atoms with E-state index in [0.717, 1.165) is 5.56 Å². The SMILES string of the molecule is CCOc1ccc(C(C)(C)c2ccco2)cc1S(=O)(=O)CNC(N)=O. The van der Waals surface area contributed by atoms with E-state index in [2.05, 4.69) is 5.32 Å². The molecule has 2 amide bonds. The zero-order chi connectivity index (χ0) is 18.7. The topological polar surface area (TPSA) is 112 Å². The summed E-state index contributed by atoms with van der Waals surface area (Å²) in [5.74, 6) is 0.329. The molecule has 1 heterocycles. The average Bonchev–Trinajstić information content (AvgIpc) is 3.09. The van der Waals surface area contributed by atoms with Gasteiger partial charge >= 0.3 is 6.03 Å². The predicted octanol–water partition coefficient (Wildman–Crippen LogP) is 2.40. The summed E-state index contributed by atoms with van der Waals surface area (Å²) in [6, 6.07) is 7.66. The van der Waals surface area contributed by atoms with Crippen LogP contribution in [0.4, 0.5) is 4.79 Å². The van der Waals surface area contributed by atoms with Gasteiger partial charge in [0.05, 0.1) is 12.9 Å². The van der Waals surface area contributed by atoms with Crippen molar-refractivity contribution >= 4 is 15.9 Å². The molecule has 2 rings (SSSR count). The maximum absolute atomic E-state index is 12.6. The van der Waals surface area contributed by atoms with Gasteiger partial charge in [0.2, 0.25) is 0 Å². The molecular formula is C17H22N2O5S. The van der Waals surface area contributed by atoms with Gasteiger partial charge in [-0.2, -0.15) is 0 Å². The Morgan fingerprint density at radius 1 is 1.32 bits per heavy atom. The first-order valence-corrected chi connectivity index (χ1v) is 9.41. The minimum atomic E-state index is -3.83. The molecule has 2 aromatic rings. The number of ether oxygens (including phenoxy) is 1. The number of nitrogens with two attached hydrogens (primary N) is 1. The molecule has 7 nitrogen and oxygen atoms in total. The van der Waals surface area contributed by atoms with Crippen LogP contribution in [0.15, 0.2) is 45.9 Å². The van der Waals surface area contributed by atoms with Gasteiger partial charge < -0.3 is 20.2 Å². The van der Waals surface area contributed by atoms with Crippen LogP contribution in [0.1, 0.15) is 32.1 Å². The minimum absolute atomic E-state index is 0.000214. The molecule has 0 fully saturated rings. The molecule has 0 atom stereocenters. The van der Waals surface area contributed by atoms with Gasteiger partial charge in [-0.05, 0) is 50.6 Å². The highest BCUT2D eigenvalue weighted by atomic mass is 32.2. The summed E-state index contributed by atoms with van der Waals surface area (Å²) in [7, 11) is -3.83. The summed E-state index contributed by atoms with van der Waals surface area (Å²) >= 11 is 0. The van der Waals surface area contributed by atoms with Gasteiger partial charge in [0, 0.05) is 5.41 Å². The van der Waals surface area contributed by atoms with Crippen LogP contribution >= 0.6 is 0 Å². The Kier molecular flexibility index (Phi) is 5.42. The van der Waals surface area contributed by atoms with Crippen molar-refractivity contribution in [2.24, 2.45) is 5.73 Å². The number of nitrogens with one attached hydrogen (secondary N) is 1. The molecule has 0 unspecified atom stereocenters. The molecule has 0 aliphatic heterocycles. The van der Waals surface area contributed by atoms with Crippen LogP contribution < -0.4 is 15.8 Å². The summed E-state index contributed by atoms with van der Waals surface area (Å²) in [4.78, 5) is 10.9. The van der Waals surface area contributed by atoms with E-state index in [9.17, 15) is 13.2 Å². The normalized spacial score (nSPS) is 12.0. The molecule has 0 bridgehead atoms. The first-order valence-electron chi connectivity index (χ1n) is 7.76. The van der Waals surface area contributed by atoms with Crippen LogP contribution in [0.3, 0.4) is 0 Å². The molecule has 0 spiro atoms. The smallest absolute Gasteiger partial charge is 0.313 e. The van der Waals surface area contributed by atoms with E-state index in [1.54, 1.807) is 37.5 Å². The highest BCUT2D eigenvalue weighted by Crippen LogP contribution is 2.36. The molecule has 0 aliphatic carbocycles. The number of furan rings is 1. The van der Waals surface area contributed by atoms with Gasteiger partial charge in [0.1, 0.15) is 22.3 Å². The van der Waals surface area contributed by atoms with E-state index in [0.29, 0.717) is 12.4 Å². The van der Waals surface area contributed by atoms with Gasteiger partial charge in [-0.15, -0.1) is 0 Å². The first-order chi connectivity index (χ1) is 11.7. The number of benzene rings is 1. The van der Waals surface area contributed by atoms with Crippen LogP contribution in [-0.4, -0.2) is 26.9 Å². The fourth-order valence-electron chi connectivity index (χ4n) is 2.43. The third-order valence-corrected chi connectivity index (χ3v) is 5.39. The van der Waals surface area contributed by atoms with Gasteiger partial charge in [-0.25, -0.2) is 13.2 Å². The molecule has 0 saturated heterocycles. The van der Waals surface area contributed by atoms with Crippen molar-refractivity contribution in [1.82, 2.24) is 5.32 Å². The zero-order valence-electron chi connectivity index (χ0n) is 14.4. The fraction of sp³-hybridized carbons (Fsp3) is 0.353. The van der Waals surface area contributed by atoms with Crippen molar-refractivity contribution < 1.29 is 22.4 Å². The minimum Gasteiger partial charge on any atom is -0.493 e. The number of hydrogen-bond acceptors (Lipinski definition) is 5. The third kappa shape index (κ3) is 4.14. The monoisotopic (exact) mass is 366 g/mol. The van der Waals surface area contributed by atoms with Gasteiger partial charge in [-0.1, -0.05) is 6.07 Å². The molecular weight excluding hydrogens is 344 g/mol. The summed E-state index contributed by atoms with van der Waals surface area (Å²) in [6.07, 6.45) is 1.57. The Labute approximate surface area is 147 Å². The van der Waals surface area contributed by atoms with Crippen LogP contribution in [-0.2, 0) is 15.3 Å². The van der Waals surface area contributed by atoms with Crippen molar-refractivity contribution in [2.45, 2.75) is 31.1 Å². The molecule has 0 aliphatic rings. The van der Waals surface area contributed by atoms with E-state index >= 15 is 0 Å². The second-order valence-corrected chi connectivity index (χ2v) is 7.95. The standard InChI is InChI=1S/C17H22N2O5S/c1-4-23-13-8-7-12(17(2,3)15-6-5-9-24-15)10-14(13)25(21,22)11-19-16(18)20/h5-10H,4,11H2,1-3H3,(H3,18,19,20). The second-order valence-electron chi connectivity index (χ2n) is 6.00. The zero-order valence-corrected chi connectivity index (χ0v) is 15.2. The maximum Gasteiger partial charge on any atom is 0.313 e. The Morgan fingerprint density at radius 3 is 2.60 bits per heavy atom. The summed E-state index contributed by atoms with van der Waals surface area (Å²) in [5.41, 5.74) is 5.17. The maximum atomic E-state index is 12.6. The largest absolute Gasteiger partial charge is 0.493 e. The van der Waals surface area contributed by atoms with Crippen LogP contribution in [0.2, 0.25) is 0 Å². The Hall–Kier alpha value is -2.48. The van der Waals surface area contributed by atoms with Crippen LogP contribution in [0.25, 0.3) is 0 Å². The molecule has 136 valence electrons. The third-order valence-electron chi connectivity index (χ3n) is 3.87. The summed E-state index contributed by atoms with van der Waals surface area (Å²) in [6.45, 7) is 5.94. The van der Waals surface area contributed by atoms with Gasteiger partial charge in [0.15, 0.2) is 9.84 Å². The molecule has 1 aromatic carbocycles. The highest BCUT2D eigenvalue weighted by molar-refractivity contribution is 7.91. The van der Waals surface area contributed by atoms with Crippen LogP contribution in [0, 0.1) is 0 Å². The Morgan fingerprint density at radius 2 is 2.04 bits per heavy atom. The van der Waals surface area contributed by atoms with E-state index in [1.165, 1.54) is 0 Å². The lowest BCUT2D eigenvalue weighted by Crippen LogP contribution is -2.34. The van der Waals surface area contributed by atoms with E-state index in [4.69, 9.17) is 14.9 Å². The number of primary amides is 1. The van der Waals surface area contributed by atoms with E-state index < -0.39 is 27.2 Å². The Balaban J connectivity index is 2.52. The first kappa shape index (κ1) is 18.9. The van der Waals surface area contributed by atoms with Crippen LogP contribution in [0.5, 0.6) is 5.75 Å². The lowest BCUT2D eigenvalue weighted by atomic mass is 9.82. The van der Waals surface area contributed by atoms with Crippen molar-refractivity contribution in [3.8, 4) is 5.75 Å². The number of urea groups is 1. The number of rotatable bonds is 7. The molecule has 3 N–H and O–H groups in total. The van der Waals surface area contributed by atoms with Crippen molar-refractivity contribution in [1.29, 1.82) is 0 Å². The Bertz CT molecular complexity index is 842. The van der Waals surface area contributed by atoms with Crippen molar-refractivity contribution in [3.63, 3.8) is 0 Å². The molecule has 1 aromatic heterocycles. The number of carbonyl (C=O) groups is 1. The summed E-state index contributed by atoms with van der Waals surface area (Å²) in [5, 5.41) is 2.12. The van der Waals surface area contributed by atoms with E-state index in [-0.39, 0.29) is 10.6 Å². The highest BCUT2D eigenvalue weighted by Gasteiger charge is 2.29. The van der Waals surface area contributed by atoms with Gasteiger partial charge in [-0.3, -0.25) is 0 Å². The van der Waals surface area contributed by atoms with E-state index in [1.807, 2.05) is 19.9 Å². The van der Waals surface area contributed by atoms with Crippen molar-refractivity contribution in [2.75, 3.05) is 12.5 Å². The lowest BCUT2D eigenvalue weighted by molar-refractivity contribution is 0.250. The average molecular weight is 366 g/mol. The molecule has 0 saturated carbocycles. The number of hydrogen-bond donors (Lipinski definition) is 2. The molecule has 8 heteroatoms. The lowest BCUT2D eigenvalue weighted by Gasteiger charge is -2.24. The number of sulfone groups is 1. The number of amides is 2. The molecule has 0 radical (unpaired) electrons. The number of carbonyl (C=O) groups excluding carboxylic acids is 1. The second kappa shape index (κ2) is 7.18. The fourth-order valence-corrected chi connectivity index (χ4v) is 3.66. The molecule has 25 heavy (non-hydrogen) atoms. The van der Waals surface area contributed by atoms with Crippen molar-refractivity contribution in [3.05, 3.63) is 47.9 Å². The quantitative estimate of drug-likeness (QED) is 0.781. The summed E-state index contributed by atoms with van der Waals surface area (Å²) < 4.78 is 36.2. The van der Waals surface area contributed by atoms with Gasteiger partial charge in [0.25, 0.3) is 0 Å².